The molecule has 0 aromatic heterocycles. The van der Waals surface area contributed by atoms with Crippen LogP contribution in [0, 0.1) is 0 Å². The van der Waals surface area contributed by atoms with E-state index in [1.54, 1.807) is 38.1 Å². The standard InChI is InChI=1S/C15H23NO5S/c1-5-20-14-10-8-7-9-13(14)16(22(18,19)6-2)11-15(17)21-12(3)4/h7-10,12H,5-6,11H2,1-4H3. The van der Waals surface area contributed by atoms with E-state index in [9.17, 15) is 13.2 Å². The summed E-state index contributed by atoms with van der Waals surface area (Å²) in [6.07, 6.45) is -0.305. The molecular weight excluding hydrogens is 306 g/mol. The molecule has 0 bridgehead atoms. The second-order valence-electron chi connectivity index (χ2n) is 4.85. The van der Waals surface area contributed by atoms with Crippen molar-refractivity contribution in [3.63, 3.8) is 0 Å². The molecule has 6 nitrogen and oxygen atoms in total. The third-order valence-electron chi connectivity index (χ3n) is 2.77. The minimum atomic E-state index is -3.63. The van der Waals surface area contributed by atoms with E-state index < -0.39 is 16.0 Å². The molecule has 0 aliphatic rings. The summed E-state index contributed by atoms with van der Waals surface area (Å²) in [5, 5.41) is 0. The minimum Gasteiger partial charge on any atom is -0.492 e. The first kappa shape index (κ1) is 18.3. The predicted molar refractivity (Wildman–Crippen MR) is 85.6 cm³/mol. The minimum absolute atomic E-state index is 0.123. The summed E-state index contributed by atoms with van der Waals surface area (Å²) in [4.78, 5) is 11.9. The van der Waals surface area contributed by atoms with E-state index in [1.807, 2.05) is 6.92 Å². The van der Waals surface area contributed by atoms with Crippen LogP contribution >= 0.6 is 0 Å². The number of para-hydroxylation sites is 2. The molecule has 1 aromatic carbocycles. The van der Waals surface area contributed by atoms with Crippen LogP contribution in [0.5, 0.6) is 5.75 Å². The van der Waals surface area contributed by atoms with Gasteiger partial charge in [0, 0.05) is 0 Å². The number of rotatable bonds is 8. The van der Waals surface area contributed by atoms with Crippen molar-refractivity contribution in [2.75, 3.05) is 23.2 Å². The number of carbonyl (C=O) groups is 1. The van der Waals surface area contributed by atoms with Gasteiger partial charge in [-0.3, -0.25) is 9.10 Å². The average Bonchev–Trinajstić information content (AvgIpc) is 2.45. The number of carbonyl (C=O) groups excluding carboxylic acids is 1. The molecule has 1 aromatic rings. The Kier molecular flexibility index (Phi) is 6.67. The molecule has 0 atom stereocenters. The van der Waals surface area contributed by atoms with Gasteiger partial charge in [0.2, 0.25) is 10.0 Å². The number of nitrogens with zero attached hydrogens (tertiary/aromatic N) is 1. The molecule has 124 valence electrons. The van der Waals surface area contributed by atoms with E-state index in [-0.39, 0.29) is 18.4 Å². The molecule has 0 amide bonds. The second kappa shape index (κ2) is 8.03. The molecule has 0 radical (unpaired) electrons. The fourth-order valence-electron chi connectivity index (χ4n) is 1.85. The van der Waals surface area contributed by atoms with E-state index >= 15 is 0 Å². The van der Waals surface area contributed by atoms with Gasteiger partial charge in [-0.15, -0.1) is 0 Å². The van der Waals surface area contributed by atoms with Crippen LogP contribution in [0.4, 0.5) is 5.69 Å². The van der Waals surface area contributed by atoms with Crippen LogP contribution in [-0.4, -0.2) is 39.4 Å². The van der Waals surface area contributed by atoms with Crippen molar-refractivity contribution >= 4 is 21.7 Å². The highest BCUT2D eigenvalue weighted by Gasteiger charge is 2.27. The van der Waals surface area contributed by atoms with Crippen molar-refractivity contribution in [2.45, 2.75) is 33.8 Å². The van der Waals surface area contributed by atoms with Gasteiger partial charge < -0.3 is 9.47 Å². The number of ether oxygens (including phenoxy) is 2. The van der Waals surface area contributed by atoms with Gasteiger partial charge in [0.05, 0.1) is 24.2 Å². The fourth-order valence-corrected chi connectivity index (χ4v) is 2.91. The molecule has 0 aliphatic heterocycles. The molecule has 1 rings (SSSR count). The molecule has 0 heterocycles. The number of esters is 1. The molecule has 0 saturated heterocycles. The van der Waals surface area contributed by atoms with Crippen LogP contribution in [0.15, 0.2) is 24.3 Å². The topological polar surface area (TPSA) is 72.9 Å². The Labute approximate surface area is 132 Å². The highest BCUT2D eigenvalue weighted by molar-refractivity contribution is 7.92. The summed E-state index contributed by atoms with van der Waals surface area (Å²) in [6, 6.07) is 6.73. The van der Waals surface area contributed by atoms with Crippen molar-refractivity contribution < 1.29 is 22.7 Å². The first-order valence-electron chi connectivity index (χ1n) is 7.23. The maximum atomic E-state index is 12.3. The van der Waals surface area contributed by atoms with Gasteiger partial charge in [-0.2, -0.15) is 0 Å². The molecular formula is C15H23NO5S. The van der Waals surface area contributed by atoms with E-state index in [0.29, 0.717) is 18.0 Å². The second-order valence-corrected chi connectivity index (χ2v) is 7.03. The monoisotopic (exact) mass is 329 g/mol. The lowest BCUT2D eigenvalue weighted by atomic mass is 10.3. The van der Waals surface area contributed by atoms with Gasteiger partial charge in [-0.05, 0) is 39.8 Å². The zero-order valence-electron chi connectivity index (χ0n) is 13.4. The lowest BCUT2D eigenvalue weighted by molar-refractivity contribution is -0.145. The van der Waals surface area contributed by atoms with Gasteiger partial charge in [-0.1, -0.05) is 12.1 Å². The first-order valence-corrected chi connectivity index (χ1v) is 8.84. The summed E-state index contributed by atoms with van der Waals surface area (Å²) in [7, 11) is -3.63. The van der Waals surface area contributed by atoms with Gasteiger partial charge in [0.15, 0.2) is 0 Å². The van der Waals surface area contributed by atoms with E-state index in [2.05, 4.69) is 0 Å². The third kappa shape index (κ3) is 4.91. The lowest BCUT2D eigenvalue weighted by Gasteiger charge is -2.25. The lowest BCUT2D eigenvalue weighted by Crippen LogP contribution is -2.38. The average molecular weight is 329 g/mol. The first-order chi connectivity index (χ1) is 10.3. The number of sulfonamides is 1. The quantitative estimate of drug-likeness (QED) is 0.684. The van der Waals surface area contributed by atoms with Gasteiger partial charge in [0.25, 0.3) is 0 Å². The summed E-state index contributed by atoms with van der Waals surface area (Å²) in [5.74, 6) is -0.305. The van der Waals surface area contributed by atoms with Crippen LogP contribution in [0.1, 0.15) is 27.7 Å². The van der Waals surface area contributed by atoms with E-state index in [4.69, 9.17) is 9.47 Å². The molecule has 0 aliphatic carbocycles. The van der Waals surface area contributed by atoms with Crippen LogP contribution in [-0.2, 0) is 19.6 Å². The molecule has 0 N–H and O–H groups in total. The molecule has 0 saturated carbocycles. The predicted octanol–water partition coefficient (Wildman–Crippen LogP) is 2.19. The maximum absolute atomic E-state index is 12.3. The summed E-state index contributed by atoms with van der Waals surface area (Å²) in [6.45, 7) is 6.78. The normalized spacial score (nSPS) is 11.3. The van der Waals surface area contributed by atoms with Crippen LogP contribution in [0.3, 0.4) is 0 Å². The largest absolute Gasteiger partial charge is 0.492 e. The summed E-state index contributed by atoms with van der Waals surface area (Å²) < 4.78 is 36.2. The molecule has 0 fully saturated rings. The Morgan fingerprint density at radius 3 is 2.41 bits per heavy atom. The summed E-state index contributed by atoms with van der Waals surface area (Å²) >= 11 is 0. The highest BCUT2D eigenvalue weighted by Crippen LogP contribution is 2.30. The SMILES string of the molecule is CCOc1ccccc1N(CC(=O)OC(C)C)S(=O)(=O)CC. The third-order valence-corrected chi connectivity index (χ3v) is 4.50. The zero-order valence-corrected chi connectivity index (χ0v) is 14.2. The van der Waals surface area contributed by atoms with Gasteiger partial charge in [-0.25, -0.2) is 8.42 Å². The van der Waals surface area contributed by atoms with Crippen LogP contribution < -0.4 is 9.04 Å². The van der Waals surface area contributed by atoms with Crippen molar-refractivity contribution in [2.24, 2.45) is 0 Å². The number of hydrogen-bond acceptors (Lipinski definition) is 5. The van der Waals surface area contributed by atoms with Crippen molar-refractivity contribution in [1.29, 1.82) is 0 Å². The zero-order chi connectivity index (χ0) is 16.8. The van der Waals surface area contributed by atoms with Crippen molar-refractivity contribution in [3.05, 3.63) is 24.3 Å². The Morgan fingerprint density at radius 1 is 1.23 bits per heavy atom. The van der Waals surface area contributed by atoms with Crippen LogP contribution in [0.25, 0.3) is 0 Å². The number of hydrogen-bond donors (Lipinski definition) is 0. The number of anilines is 1. The Bertz CT molecular complexity index is 598. The van der Waals surface area contributed by atoms with E-state index in [1.165, 1.54) is 6.92 Å². The van der Waals surface area contributed by atoms with Gasteiger partial charge in [0.1, 0.15) is 12.3 Å². The molecule has 7 heteroatoms. The number of benzene rings is 1. The van der Waals surface area contributed by atoms with Crippen molar-refractivity contribution in [3.8, 4) is 5.75 Å². The van der Waals surface area contributed by atoms with Crippen molar-refractivity contribution in [1.82, 2.24) is 0 Å². The molecule has 0 spiro atoms. The summed E-state index contributed by atoms with van der Waals surface area (Å²) in [5.41, 5.74) is 0.340. The van der Waals surface area contributed by atoms with Crippen LogP contribution in [0.2, 0.25) is 0 Å². The fraction of sp³-hybridized carbons (Fsp3) is 0.533. The molecule has 0 unspecified atom stereocenters. The smallest absolute Gasteiger partial charge is 0.327 e. The Morgan fingerprint density at radius 2 is 1.86 bits per heavy atom. The molecule has 22 heavy (non-hydrogen) atoms. The van der Waals surface area contributed by atoms with Gasteiger partial charge >= 0.3 is 5.97 Å². The van der Waals surface area contributed by atoms with E-state index in [0.717, 1.165) is 4.31 Å². The highest BCUT2D eigenvalue weighted by atomic mass is 32.2. The Balaban J connectivity index is 3.19. The maximum Gasteiger partial charge on any atom is 0.327 e. The Hall–Kier alpha value is -1.76.